The fourth-order valence-electron chi connectivity index (χ4n) is 1.02. The standard InChI is InChI=1S/C7H5F4NO2/c1-12-2-3(7(9,10)11)4(5(12)8)6(13)14/h2H,1H3,(H,13,14). The van der Waals surface area contributed by atoms with Gasteiger partial charge in [-0.05, 0) is 0 Å². The summed E-state index contributed by atoms with van der Waals surface area (Å²) in [5, 5.41) is 8.37. The molecule has 0 radical (unpaired) electrons. The van der Waals surface area contributed by atoms with E-state index in [1.54, 1.807) is 0 Å². The molecule has 0 unspecified atom stereocenters. The van der Waals surface area contributed by atoms with Crippen LogP contribution in [0.25, 0.3) is 0 Å². The molecule has 14 heavy (non-hydrogen) atoms. The smallest absolute Gasteiger partial charge is 0.418 e. The largest absolute Gasteiger partial charge is 0.478 e. The lowest BCUT2D eigenvalue weighted by molar-refractivity contribution is -0.138. The van der Waals surface area contributed by atoms with Gasteiger partial charge in [-0.15, -0.1) is 0 Å². The fourth-order valence-corrected chi connectivity index (χ4v) is 1.02. The lowest BCUT2D eigenvalue weighted by Gasteiger charge is -2.03. The minimum absolute atomic E-state index is 0.402. The van der Waals surface area contributed by atoms with Gasteiger partial charge in [-0.25, -0.2) is 4.79 Å². The number of aromatic carboxylic acids is 1. The van der Waals surface area contributed by atoms with Crippen molar-refractivity contribution in [1.29, 1.82) is 0 Å². The van der Waals surface area contributed by atoms with Gasteiger partial charge < -0.3 is 9.67 Å². The molecule has 0 fully saturated rings. The summed E-state index contributed by atoms with van der Waals surface area (Å²) in [6.07, 6.45) is -4.46. The van der Waals surface area contributed by atoms with Crippen molar-refractivity contribution < 1.29 is 27.5 Å². The average Bonchev–Trinajstić information content (AvgIpc) is 2.27. The zero-order chi connectivity index (χ0) is 11.1. The maximum absolute atomic E-state index is 12.9. The van der Waals surface area contributed by atoms with Gasteiger partial charge in [0.05, 0.1) is 5.56 Å². The molecule has 1 rings (SSSR count). The third-order valence-electron chi connectivity index (χ3n) is 1.63. The molecule has 0 bridgehead atoms. The number of carboxylic acids is 1. The number of hydrogen-bond acceptors (Lipinski definition) is 1. The van der Waals surface area contributed by atoms with Crippen LogP contribution in [0.15, 0.2) is 6.20 Å². The summed E-state index contributed by atoms with van der Waals surface area (Å²) in [7, 11) is 0.997. The van der Waals surface area contributed by atoms with E-state index in [2.05, 4.69) is 0 Å². The van der Waals surface area contributed by atoms with Crippen LogP contribution in [0.5, 0.6) is 0 Å². The van der Waals surface area contributed by atoms with Crippen molar-refractivity contribution in [2.45, 2.75) is 6.18 Å². The van der Waals surface area contributed by atoms with Crippen LogP contribution in [0, 0.1) is 5.95 Å². The Kier molecular flexibility index (Phi) is 2.26. The summed E-state index contributed by atoms with van der Waals surface area (Å²) in [6, 6.07) is 0. The number of alkyl halides is 3. The second-order valence-corrected chi connectivity index (χ2v) is 2.62. The second-order valence-electron chi connectivity index (χ2n) is 2.62. The number of rotatable bonds is 1. The summed E-state index contributed by atoms with van der Waals surface area (Å²) in [4.78, 5) is 10.3. The highest BCUT2D eigenvalue weighted by Crippen LogP contribution is 2.33. The number of hydrogen-bond donors (Lipinski definition) is 1. The molecule has 0 atom stereocenters. The van der Waals surface area contributed by atoms with E-state index in [0.29, 0.717) is 10.8 Å². The molecule has 7 heteroatoms. The number of carbonyl (C=O) groups is 1. The van der Waals surface area contributed by atoms with Gasteiger partial charge in [0, 0.05) is 13.2 Å². The lowest BCUT2D eigenvalue weighted by Crippen LogP contribution is -2.11. The summed E-state index contributed by atoms with van der Waals surface area (Å²) >= 11 is 0. The summed E-state index contributed by atoms with van der Waals surface area (Å²) in [5.74, 6) is -3.35. The third-order valence-corrected chi connectivity index (χ3v) is 1.63. The van der Waals surface area contributed by atoms with Crippen molar-refractivity contribution in [1.82, 2.24) is 4.57 Å². The van der Waals surface area contributed by atoms with Gasteiger partial charge in [0.1, 0.15) is 5.56 Å². The van der Waals surface area contributed by atoms with Gasteiger partial charge in [0.25, 0.3) is 0 Å². The van der Waals surface area contributed by atoms with Crippen molar-refractivity contribution in [3.63, 3.8) is 0 Å². The number of carboxylic acid groups (broad SMARTS) is 1. The van der Waals surface area contributed by atoms with E-state index in [9.17, 15) is 22.4 Å². The Bertz CT molecular complexity index is 380. The van der Waals surface area contributed by atoms with Crippen molar-refractivity contribution in [3.8, 4) is 0 Å². The monoisotopic (exact) mass is 211 g/mol. The van der Waals surface area contributed by atoms with Gasteiger partial charge >= 0.3 is 12.1 Å². The van der Waals surface area contributed by atoms with Crippen LogP contribution in [-0.2, 0) is 13.2 Å². The fraction of sp³-hybridized carbons (Fsp3) is 0.286. The Labute approximate surface area is 75.6 Å². The van der Waals surface area contributed by atoms with Gasteiger partial charge in [-0.3, -0.25) is 0 Å². The Morgan fingerprint density at radius 3 is 2.29 bits per heavy atom. The van der Waals surface area contributed by atoms with Gasteiger partial charge in [-0.2, -0.15) is 17.6 Å². The maximum atomic E-state index is 12.9. The molecular weight excluding hydrogens is 206 g/mol. The first-order valence-electron chi connectivity index (χ1n) is 3.40. The second kappa shape index (κ2) is 3.00. The highest BCUT2D eigenvalue weighted by atomic mass is 19.4. The van der Waals surface area contributed by atoms with Crippen LogP contribution >= 0.6 is 0 Å². The van der Waals surface area contributed by atoms with Crippen LogP contribution in [0.4, 0.5) is 17.6 Å². The van der Waals surface area contributed by atoms with E-state index in [-0.39, 0.29) is 0 Å². The molecule has 0 aromatic carbocycles. The van der Waals surface area contributed by atoms with Gasteiger partial charge in [-0.1, -0.05) is 0 Å². The lowest BCUT2D eigenvalue weighted by atomic mass is 10.2. The number of aromatic nitrogens is 1. The van der Waals surface area contributed by atoms with E-state index < -0.39 is 29.2 Å². The van der Waals surface area contributed by atoms with Crippen LogP contribution < -0.4 is 0 Å². The molecule has 1 aromatic rings. The Morgan fingerprint density at radius 1 is 1.50 bits per heavy atom. The molecule has 78 valence electrons. The molecule has 0 aliphatic heterocycles. The van der Waals surface area contributed by atoms with Crippen molar-refractivity contribution >= 4 is 5.97 Å². The molecule has 0 saturated heterocycles. The highest BCUT2D eigenvalue weighted by Gasteiger charge is 2.39. The first kappa shape index (κ1) is 10.6. The topological polar surface area (TPSA) is 42.2 Å². The quantitative estimate of drug-likeness (QED) is 0.720. The molecule has 3 nitrogen and oxygen atoms in total. The molecule has 1 N–H and O–H groups in total. The molecule has 1 heterocycles. The zero-order valence-electron chi connectivity index (χ0n) is 6.89. The van der Waals surface area contributed by atoms with Crippen molar-refractivity contribution in [3.05, 3.63) is 23.3 Å². The van der Waals surface area contributed by atoms with Crippen LogP contribution in [0.3, 0.4) is 0 Å². The molecule has 0 amide bonds. The molecule has 0 aliphatic rings. The van der Waals surface area contributed by atoms with E-state index in [0.717, 1.165) is 7.05 Å². The number of nitrogens with zero attached hydrogens (tertiary/aromatic N) is 1. The van der Waals surface area contributed by atoms with E-state index in [1.165, 1.54) is 0 Å². The normalized spacial score (nSPS) is 11.8. The minimum Gasteiger partial charge on any atom is -0.478 e. The molecular formula is C7H5F4NO2. The predicted molar refractivity (Wildman–Crippen MR) is 37.3 cm³/mol. The molecule has 0 saturated carbocycles. The van der Waals surface area contributed by atoms with Crippen LogP contribution in [-0.4, -0.2) is 15.6 Å². The highest BCUT2D eigenvalue weighted by molar-refractivity contribution is 5.89. The molecule has 0 spiro atoms. The predicted octanol–water partition coefficient (Wildman–Crippen LogP) is 1.88. The van der Waals surface area contributed by atoms with Crippen molar-refractivity contribution in [2.75, 3.05) is 0 Å². The summed E-state index contributed by atoms with van der Waals surface area (Å²) < 4.78 is 49.8. The number of aryl methyl sites for hydroxylation is 1. The summed E-state index contributed by atoms with van der Waals surface area (Å²) in [6.45, 7) is 0. The Balaban J connectivity index is 3.45. The van der Waals surface area contributed by atoms with Gasteiger partial charge in [0.15, 0.2) is 0 Å². The molecule has 0 aliphatic carbocycles. The third kappa shape index (κ3) is 1.57. The SMILES string of the molecule is Cn1cc(C(F)(F)F)c(C(=O)O)c1F. The van der Waals surface area contributed by atoms with Gasteiger partial charge in [0.2, 0.25) is 5.95 Å². The first-order chi connectivity index (χ1) is 6.25. The van der Waals surface area contributed by atoms with Crippen LogP contribution in [0.2, 0.25) is 0 Å². The summed E-state index contributed by atoms with van der Waals surface area (Å²) in [5.41, 5.74) is -2.83. The number of halogens is 4. The zero-order valence-corrected chi connectivity index (χ0v) is 6.89. The van der Waals surface area contributed by atoms with E-state index in [4.69, 9.17) is 5.11 Å². The van der Waals surface area contributed by atoms with E-state index >= 15 is 0 Å². The van der Waals surface area contributed by atoms with E-state index in [1.807, 2.05) is 0 Å². The maximum Gasteiger partial charge on any atom is 0.418 e. The molecule has 1 aromatic heterocycles. The average molecular weight is 211 g/mol. The Hall–Kier alpha value is -1.53. The Morgan fingerprint density at radius 2 is 2.00 bits per heavy atom. The van der Waals surface area contributed by atoms with Crippen molar-refractivity contribution in [2.24, 2.45) is 7.05 Å². The minimum atomic E-state index is -4.87. The van der Waals surface area contributed by atoms with Crippen LogP contribution in [0.1, 0.15) is 15.9 Å². The first-order valence-corrected chi connectivity index (χ1v) is 3.40.